The van der Waals surface area contributed by atoms with Crippen molar-refractivity contribution in [2.24, 2.45) is 5.73 Å². The van der Waals surface area contributed by atoms with Gasteiger partial charge in [-0.1, -0.05) is 5.21 Å². The molecule has 27 heavy (non-hydrogen) atoms. The molecule has 5 nitrogen and oxygen atoms in total. The molecule has 2 aromatic heterocycles. The minimum absolute atomic E-state index is 0.120. The highest BCUT2D eigenvalue weighted by Gasteiger charge is 2.24. The second-order valence-corrected chi connectivity index (χ2v) is 6.72. The summed E-state index contributed by atoms with van der Waals surface area (Å²) in [4.78, 5) is 4.35. The first-order chi connectivity index (χ1) is 13.0. The third kappa shape index (κ3) is 3.57. The monoisotopic (exact) mass is 373 g/mol. The Hall–Kier alpha value is -2.74. The first-order valence-corrected chi connectivity index (χ1v) is 8.74. The molecule has 0 spiro atoms. The van der Waals surface area contributed by atoms with Crippen molar-refractivity contribution in [3.63, 3.8) is 0 Å². The van der Waals surface area contributed by atoms with E-state index in [4.69, 9.17) is 5.73 Å². The average molecular weight is 373 g/mol. The fourth-order valence-corrected chi connectivity index (χ4v) is 3.47. The minimum atomic E-state index is -2.71. The Bertz CT molecular complexity index is 970. The molecule has 0 radical (unpaired) electrons. The molecule has 0 fully saturated rings. The highest BCUT2D eigenvalue weighted by Crippen LogP contribution is 2.27. The first kappa shape index (κ1) is 17.7. The predicted molar refractivity (Wildman–Crippen MR) is 93.2 cm³/mol. The van der Waals surface area contributed by atoms with Crippen LogP contribution in [-0.2, 0) is 12.8 Å². The van der Waals surface area contributed by atoms with Crippen LogP contribution in [-0.4, -0.2) is 20.0 Å². The quantitative estimate of drug-likeness (QED) is 0.758. The van der Waals surface area contributed by atoms with E-state index < -0.39 is 12.2 Å². The number of nitrogens with two attached hydrogens (primary N) is 1. The highest BCUT2D eigenvalue weighted by atomic mass is 19.3. The van der Waals surface area contributed by atoms with Crippen molar-refractivity contribution in [3.05, 3.63) is 70.4 Å². The van der Waals surface area contributed by atoms with Gasteiger partial charge in [0.1, 0.15) is 11.5 Å². The Morgan fingerprint density at radius 3 is 2.85 bits per heavy atom. The number of benzene rings is 1. The van der Waals surface area contributed by atoms with E-state index in [0.29, 0.717) is 17.8 Å². The molecule has 1 atom stereocenters. The molecule has 1 unspecified atom stereocenters. The third-order valence-corrected chi connectivity index (χ3v) is 4.74. The Balaban J connectivity index is 1.65. The van der Waals surface area contributed by atoms with E-state index in [9.17, 15) is 13.2 Å². The summed E-state index contributed by atoms with van der Waals surface area (Å²) in [7, 11) is 0. The standard InChI is InChI=1S/C19H18F3N5/c20-14-8-12(7-13(10-14)19(21)22)6-11-4-5-24-17(9-11)27-16-3-1-2-15(23)18(16)25-26-27/h4-5,7-10,15,19H,1-3,6,23H2. The van der Waals surface area contributed by atoms with E-state index in [-0.39, 0.29) is 11.6 Å². The number of rotatable bonds is 4. The molecule has 0 amide bonds. The molecule has 0 aliphatic heterocycles. The van der Waals surface area contributed by atoms with Crippen LogP contribution in [0.5, 0.6) is 0 Å². The molecule has 1 aliphatic carbocycles. The van der Waals surface area contributed by atoms with Crippen LogP contribution in [0.4, 0.5) is 13.2 Å². The number of hydrogen-bond acceptors (Lipinski definition) is 4. The van der Waals surface area contributed by atoms with Gasteiger partial charge in [-0.05, 0) is 67.1 Å². The molecule has 1 aromatic carbocycles. The second-order valence-electron chi connectivity index (χ2n) is 6.72. The van der Waals surface area contributed by atoms with Crippen LogP contribution in [0.15, 0.2) is 36.5 Å². The maximum Gasteiger partial charge on any atom is 0.263 e. The van der Waals surface area contributed by atoms with Crippen molar-refractivity contribution in [2.75, 3.05) is 0 Å². The summed E-state index contributed by atoms with van der Waals surface area (Å²) >= 11 is 0. The topological polar surface area (TPSA) is 69.6 Å². The van der Waals surface area contributed by atoms with Crippen LogP contribution < -0.4 is 5.73 Å². The van der Waals surface area contributed by atoms with E-state index in [2.05, 4.69) is 15.3 Å². The molecular weight excluding hydrogens is 355 g/mol. The van der Waals surface area contributed by atoms with Crippen LogP contribution in [0.2, 0.25) is 0 Å². The van der Waals surface area contributed by atoms with Gasteiger partial charge in [0, 0.05) is 11.8 Å². The number of aromatic nitrogens is 4. The normalized spacial score (nSPS) is 16.6. The zero-order valence-corrected chi connectivity index (χ0v) is 14.4. The summed E-state index contributed by atoms with van der Waals surface area (Å²) in [5, 5.41) is 8.37. The molecular formula is C19H18F3N5. The van der Waals surface area contributed by atoms with Gasteiger partial charge >= 0.3 is 0 Å². The maximum atomic E-state index is 13.6. The van der Waals surface area contributed by atoms with E-state index in [1.165, 1.54) is 12.1 Å². The van der Waals surface area contributed by atoms with E-state index >= 15 is 0 Å². The summed E-state index contributed by atoms with van der Waals surface area (Å²) in [5.41, 5.74) is 8.80. The molecule has 0 saturated carbocycles. The lowest BCUT2D eigenvalue weighted by Crippen LogP contribution is -2.18. The van der Waals surface area contributed by atoms with Gasteiger partial charge in [-0.15, -0.1) is 5.10 Å². The molecule has 3 aromatic rings. The molecule has 8 heteroatoms. The van der Waals surface area contributed by atoms with Crippen LogP contribution in [0.1, 0.15) is 53.4 Å². The molecule has 0 bridgehead atoms. The van der Waals surface area contributed by atoms with Crippen LogP contribution >= 0.6 is 0 Å². The van der Waals surface area contributed by atoms with Gasteiger partial charge in [0.25, 0.3) is 6.43 Å². The number of fused-ring (bicyclic) bond motifs is 1. The zero-order valence-electron chi connectivity index (χ0n) is 14.4. The largest absolute Gasteiger partial charge is 0.323 e. The van der Waals surface area contributed by atoms with Gasteiger partial charge in [-0.2, -0.15) is 4.68 Å². The molecule has 1 aliphatic rings. The van der Waals surface area contributed by atoms with E-state index in [1.54, 1.807) is 16.9 Å². The van der Waals surface area contributed by atoms with Gasteiger partial charge in [-0.25, -0.2) is 18.2 Å². The van der Waals surface area contributed by atoms with Crippen molar-refractivity contribution in [1.82, 2.24) is 20.0 Å². The second kappa shape index (κ2) is 7.11. The van der Waals surface area contributed by atoms with Crippen molar-refractivity contribution in [1.29, 1.82) is 0 Å². The lowest BCUT2D eigenvalue weighted by molar-refractivity contribution is 0.151. The van der Waals surface area contributed by atoms with Gasteiger partial charge in [0.2, 0.25) is 0 Å². The molecule has 140 valence electrons. The number of hydrogen-bond donors (Lipinski definition) is 1. The van der Waals surface area contributed by atoms with Gasteiger partial charge in [-0.3, -0.25) is 0 Å². The Labute approximate surface area is 154 Å². The summed E-state index contributed by atoms with van der Waals surface area (Å²) in [6.07, 6.45) is 1.88. The minimum Gasteiger partial charge on any atom is -0.323 e. The molecule has 0 saturated heterocycles. The molecule has 4 rings (SSSR count). The number of halogens is 3. The number of alkyl halides is 2. The smallest absolute Gasteiger partial charge is 0.263 e. The average Bonchev–Trinajstić information content (AvgIpc) is 3.07. The van der Waals surface area contributed by atoms with E-state index in [0.717, 1.165) is 42.3 Å². The Morgan fingerprint density at radius 1 is 1.19 bits per heavy atom. The number of pyridine rings is 1. The zero-order chi connectivity index (χ0) is 19.0. The van der Waals surface area contributed by atoms with Gasteiger partial charge in [0.15, 0.2) is 5.82 Å². The summed E-state index contributed by atoms with van der Waals surface area (Å²) in [6.45, 7) is 0. The molecule has 2 N–H and O–H groups in total. The predicted octanol–water partition coefficient (Wildman–Crippen LogP) is 3.67. The Kier molecular flexibility index (Phi) is 4.65. The van der Waals surface area contributed by atoms with Crippen molar-refractivity contribution in [3.8, 4) is 5.82 Å². The van der Waals surface area contributed by atoms with Crippen molar-refractivity contribution >= 4 is 0 Å². The van der Waals surface area contributed by atoms with Gasteiger partial charge in [0.05, 0.1) is 11.7 Å². The SMILES string of the molecule is NC1CCCc2c1nnn2-c1cc(Cc2cc(F)cc(C(F)F)c2)ccn1. The highest BCUT2D eigenvalue weighted by molar-refractivity contribution is 5.35. The molecule has 2 heterocycles. The fourth-order valence-electron chi connectivity index (χ4n) is 3.47. The lowest BCUT2D eigenvalue weighted by Gasteiger charge is -2.17. The maximum absolute atomic E-state index is 13.6. The Morgan fingerprint density at radius 2 is 2.04 bits per heavy atom. The van der Waals surface area contributed by atoms with Crippen LogP contribution in [0.3, 0.4) is 0 Å². The third-order valence-electron chi connectivity index (χ3n) is 4.74. The summed E-state index contributed by atoms with van der Waals surface area (Å²) < 4.78 is 41.1. The fraction of sp³-hybridized carbons (Fsp3) is 0.316. The van der Waals surface area contributed by atoms with Gasteiger partial charge < -0.3 is 5.73 Å². The first-order valence-electron chi connectivity index (χ1n) is 8.74. The van der Waals surface area contributed by atoms with Crippen LogP contribution in [0.25, 0.3) is 5.82 Å². The van der Waals surface area contributed by atoms with E-state index in [1.807, 2.05) is 6.07 Å². The van der Waals surface area contributed by atoms with Crippen LogP contribution in [0, 0.1) is 5.82 Å². The lowest BCUT2D eigenvalue weighted by atomic mass is 9.97. The summed E-state index contributed by atoms with van der Waals surface area (Å²) in [6, 6.07) is 6.91. The van der Waals surface area contributed by atoms with Crippen molar-refractivity contribution < 1.29 is 13.2 Å². The number of nitrogens with zero attached hydrogens (tertiary/aromatic N) is 4. The van der Waals surface area contributed by atoms with Crippen molar-refractivity contribution in [2.45, 2.75) is 38.2 Å². The summed E-state index contributed by atoms with van der Waals surface area (Å²) in [5.74, 6) is -0.0859.